The fourth-order valence-electron chi connectivity index (χ4n) is 4.20. The Morgan fingerprint density at radius 2 is 1.63 bits per heavy atom. The molecule has 7 nitrogen and oxygen atoms in total. The molecule has 0 radical (unpaired) electrons. The van der Waals surface area contributed by atoms with Crippen LogP contribution < -0.4 is 4.90 Å². The summed E-state index contributed by atoms with van der Waals surface area (Å²) in [6.07, 6.45) is 9.22. The van der Waals surface area contributed by atoms with E-state index in [1.807, 2.05) is 11.9 Å². The van der Waals surface area contributed by atoms with Crippen molar-refractivity contribution in [3.05, 3.63) is 28.3 Å². The monoisotopic (exact) mass is 395 g/mol. The van der Waals surface area contributed by atoms with Crippen LogP contribution in [0.15, 0.2) is 23.1 Å². The van der Waals surface area contributed by atoms with Crippen LogP contribution in [0, 0.1) is 10.1 Å². The van der Waals surface area contributed by atoms with Crippen LogP contribution in [0.3, 0.4) is 0 Å². The number of nitrogens with zero attached hydrogens (tertiary/aromatic N) is 3. The topological polar surface area (TPSA) is 83.8 Å². The summed E-state index contributed by atoms with van der Waals surface area (Å²) in [6.45, 7) is 0.972. The van der Waals surface area contributed by atoms with Gasteiger partial charge in [0.1, 0.15) is 5.69 Å². The van der Waals surface area contributed by atoms with Gasteiger partial charge in [0.2, 0.25) is 10.0 Å². The van der Waals surface area contributed by atoms with Crippen molar-refractivity contribution in [2.24, 2.45) is 0 Å². The van der Waals surface area contributed by atoms with E-state index in [9.17, 15) is 18.5 Å². The highest BCUT2D eigenvalue weighted by molar-refractivity contribution is 7.89. The molecule has 0 N–H and O–H groups in total. The first kappa shape index (κ1) is 20.1. The number of anilines is 1. The maximum atomic E-state index is 13.0. The largest absolute Gasteiger partial charge is 0.366 e. The molecule has 0 aromatic heterocycles. The van der Waals surface area contributed by atoms with Crippen molar-refractivity contribution in [2.75, 3.05) is 25.0 Å². The lowest BCUT2D eigenvalue weighted by atomic mass is 9.94. The second-order valence-corrected chi connectivity index (χ2v) is 9.57. The predicted octanol–water partition coefficient (Wildman–Crippen LogP) is 3.93. The molecule has 8 heteroatoms. The summed E-state index contributed by atoms with van der Waals surface area (Å²) in [7, 11) is -1.82. The molecule has 1 aliphatic heterocycles. The normalized spacial score (nSPS) is 20.2. The average Bonchev–Trinajstić information content (AvgIpc) is 2.97. The van der Waals surface area contributed by atoms with Crippen LogP contribution in [-0.4, -0.2) is 43.8 Å². The summed E-state index contributed by atoms with van der Waals surface area (Å²) in [6, 6.07) is 4.65. The van der Waals surface area contributed by atoms with Crippen LogP contribution >= 0.6 is 0 Å². The predicted molar refractivity (Wildman–Crippen MR) is 106 cm³/mol. The maximum absolute atomic E-state index is 13.0. The molecule has 3 rings (SSSR count). The Morgan fingerprint density at radius 1 is 1.04 bits per heavy atom. The average molecular weight is 396 g/mol. The van der Waals surface area contributed by atoms with Gasteiger partial charge < -0.3 is 4.90 Å². The quantitative estimate of drug-likeness (QED) is 0.557. The lowest BCUT2D eigenvalue weighted by Crippen LogP contribution is -2.34. The van der Waals surface area contributed by atoms with Crippen LogP contribution in [-0.2, 0) is 10.0 Å². The van der Waals surface area contributed by atoms with Gasteiger partial charge in [-0.25, -0.2) is 8.42 Å². The molecule has 27 heavy (non-hydrogen) atoms. The molecule has 2 fully saturated rings. The minimum Gasteiger partial charge on any atom is -0.366 e. The number of nitro benzene ring substituents is 1. The molecule has 0 bridgehead atoms. The SMILES string of the molecule is CN(c1ccc(S(=O)(=O)N2CCCCCC2)cc1[N+](=O)[O-])C1CCCCC1. The summed E-state index contributed by atoms with van der Waals surface area (Å²) >= 11 is 0. The van der Waals surface area contributed by atoms with E-state index in [4.69, 9.17) is 0 Å². The third-order valence-corrected chi connectivity index (χ3v) is 7.74. The van der Waals surface area contributed by atoms with E-state index < -0.39 is 14.9 Å². The summed E-state index contributed by atoms with van der Waals surface area (Å²) in [4.78, 5) is 13.2. The zero-order chi connectivity index (χ0) is 19.4. The van der Waals surface area contributed by atoms with Gasteiger partial charge in [-0.3, -0.25) is 10.1 Å². The Bertz CT molecular complexity index is 767. The molecule has 150 valence electrons. The first-order chi connectivity index (χ1) is 12.9. The Kier molecular flexibility index (Phi) is 6.37. The van der Waals surface area contributed by atoms with Crippen LogP contribution in [0.4, 0.5) is 11.4 Å². The Labute approximate surface area is 161 Å². The number of nitro groups is 1. The van der Waals surface area contributed by atoms with Crippen LogP contribution in [0.25, 0.3) is 0 Å². The molecule has 1 aromatic carbocycles. The second kappa shape index (κ2) is 8.56. The third kappa shape index (κ3) is 4.43. The van der Waals surface area contributed by atoms with Gasteiger partial charge in [-0.05, 0) is 37.8 Å². The van der Waals surface area contributed by atoms with Crippen molar-refractivity contribution in [2.45, 2.75) is 68.7 Å². The van der Waals surface area contributed by atoms with Crippen molar-refractivity contribution in [1.82, 2.24) is 4.31 Å². The van der Waals surface area contributed by atoms with E-state index in [1.165, 1.54) is 22.9 Å². The van der Waals surface area contributed by atoms with Crippen LogP contribution in [0.1, 0.15) is 57.8 Å². The Balaban J connectivity index is 1.92. The molecule has 1 saturated heterocycles. The maximum Gasteiger partial charge on any atom is 0.293 e. The van der Waals surface area contributed by atoms with Gasteiger partial charge in [0, 0.05) is 32.2 Å². The molecule has 1 saturated carbocycles. The minimum absolute atomic E-state index is 0.0249. The molecular weight excluding hydrogens is 366 g/mol. The number of sulfonamides is 1. The van der Waals surface area contributed by atoms with Crippen molar-refractivity contribution >= 4 is 21.4 Å². The van der Waals surface area contributed by atoms with Crippen LogP contribution in [0.5, 0.6) is 0 Å². The number of hydrogen-bond donors (Lipinski definition) is 0. The summed E-state index contributed by atoms with van der Waals surface area (Å²) < 4.78 is 27.5. The first-order valence-corrected chi connectivity index (χ1v) is 11.4. The molecule has 0 unspecified atom stereocenters. The molecule has 1 aromatic rings. The van der Waals surface area contributed by atoms with E-state index >= 15 is 0 Å². The van der Waals surface area contributed by atoms with E-state index in [1.54, 1.807) is 6.07 Å². The van der Waals surface area contributed by atoms with Gasteiger partial charge in [0.15, 0.2) is 0 Å². The first-order valence-electron chi connectivity index (χ1n) is 9.92. The van der Waals surface area contributed by atoms with E-state index in [0.717, 1.165) is 51.4 Å². The van der Waals surface area contributed by atoms with Gasteiger partial charge >= 0.3 is 0 Å². The molecule has 0 atom stereocenters. The van der Waals surface area contributed by atoms with Gasteiger partial charge in [0.05, 0.1) is 9.82 Å². The van der Waals surface area contributed by atoms with Gasteiger partial charge in [-0.1, -0.05) is 32.1 Å². The molecular formula is C19H29N3O4S. The van der Waals surface area contributed by atoms with Gasteiger partial charge in [-0.2, -0.15) is 4.31 Å². The summed E-state index contributed by atoms with van der Waals surface area (Å²) in [5, 5.41) is 11.7. The number of hydrogen-bond acceptors (Lipinski definition) is 5. The van der Waals surface area contributed by atoms with Crippen LogP contribution in [0.2, 0.25) is 0 Å². The van der Waals surface area contributed by atoms with E-state index in [-0.39, 0.29) is 16.6 Å². The highest BCUT2D eigenvalue weighted by Crippen LogP contribution is 2.35. The third-order valence-electron chi connectivity index (χ3n) is 5.85. The fourth-order valence-corrected chi connectivity index (χ4v) is 5.74. The van der Waals surface area contributed by atoms with Crippen molar-refractivity contribution in [3.8, 4) is 0 Å². The molecule has 1 heterocycles. The summed E-state index contributed by atoms with van der Waals surface area (Å²) in [5.74, 6) is 0. The smallest absolute Gasteiger partial charge is 0.293 e. The zero-order valence-electron chi connectivity index (χ0n) is 16.0. The Hall–Kier alpha value is -1.67. The molecule has 2 aliphatic rings. The van der Waals surface area contributed by atoms with Crippen molar-refractivity contribution < 1.29 is 13.3 Å². The minimum atomic E-state index is -3.70. The molecule has 1 aliphatic carbocycles. The molecule has 0 spiro atoms. The van der Waals surface area contributed by atoms with Crippen molar-refractivity contribution in [1.29, 1.82) is 0 Å². The van der Waals surface area contributed by atoms with E-state index in [0.29, 0.717) is 18.8 Å². The highest BCUT2D eigenvalue weighted by Gasteiger charge is 2.30. The van der Waals surface area contributed by atoms with Crippen molar-refractivity contribution in [3.63, 3.8) is 0 Å². The summed E-state index contributed by atoms with van der Waals surface area (Å²) in [5.41, 5.74) is 0.376. The zero-order valence-corrected chi connectivity index (χ0v) is 16.8. The Morgan fingerprint density at radius 3 is 2.22 bits per heavy atom. The van der Waals surface area contributed by atoms with Gasteiger partial charge in [-0.15, -0.1) is 0 Å². The number of rotatable bonds is 5. The fraction of sp³-hybridized carbons (Fsp3) is 0.684. The lowest BCUT2D eigenvalue weighted by molar-refractivity contribution is -0.384. The van der Waals surface area contributed by atoms with Gasteiger partial charge in [0.25, 0.3) is 5.69 Å². The van der Waals surface area contributed by atoms with E-state index in [2.05, 4.69) is 0 Å². The second-order valence-electron chi connectivity index (χ2n) is 7.63. The molecule has 0 amide bonds. The standard InChI is InChI=1S/C19H29N3O4S/c1-20(16-9-5-4-6-10-16)18-12-11-17(15-19(18)22(23)24)27(25,26)21-13-7-2-3-8-14-21/h11-12,15-16H,2-10,13-14H2,1H3. The lowest BCUT2D eigenvalue weighted by Gasteiger charge is -2.32. The number of benzene rings is 1. The highest BCUT2D eigenvalue weighted by atomic mass is 32.2.